The Kier molecular flexibility index (Phi) is 3.72. The average Bonchev–Trinajstić information content (AvgIpc) is 2.89. The molecule has 0 N–H and O–H groups in total. The van der Waals surface area contributed by atoms with E-state index in [0.29, 0.717) is 23.7 Å². The molecule has 0 fully saturated rings. The van der Waals surface area contributed by atoms with E-state index in [1.807, 2.05) is 5.38 Å². The summed E-state index contributed by atoms with van der Waals surface area (Å²) in [6.07, 6.45) is 2.49. The van der Waals surface area contributed by atoms with Crippen LogP contribution in [0.15, 0.2) is 29.8 Å². The van der Waals surface area contributed by atoms with Crippen LogP contribution in [-0.4, -0.2) is 18.4 Å². The lowest BCUT2D eigenvalue weighted by atomic mass is 10.2. The third kappa shape index (κ3) is 2.82. The number of carbonyl (C=O) groups excluding carboxylic acids is 1. The number of nitrogens with zero attached hydrogens (tertiary/aromatic N) is 1. The van der Waals surface area contributed by atoms with Crippen molar-refractivity contribution in [1.82, 2.24) is 4.98 Å². The van der Waals surface area contributed by atoms with Crippen LogP contribution in [0.1, 0.15) is 15.4 Å². The number of thiazole rings is 1. The quantitative estimate of drug-likeness (QED) is 0.764. The van der Waals surface area contributed by atoms with E-state index in [9.17, 15) is 4.79 Å². The molecule has 0 spiro atoms. The van der Waals surface area contributed by atoms with E-state index in [0.717, 1.165) is 11.3 Å². The average molecular weight is 249 g/mol. The summed E-state index contributed by atoms with van der Waals surface area (Å²) >= 11 is 1.54. The van der Waals surface area contributed by atoms with Gasteiger partial charge in [-0.3, -0.25) is 4.79 Å². The molecule has 4 nitrogen and oxygen atoms in total. The molecular weight excluding hydrogens is 238 g/mol. The van der Waals surface area contributed by atoms with Crippen LogP contribution >= 0.6 is 11.3 Å². The number of ether oxygens (including phenoxy) is 2. The molecule has 5 heteroatoms. The molecule has 88 valence electrons. The third-order valence-corrected chi connectivity index (χ3v) is 2.93. The van der Waals surface area contributed by atoms with Crippen LogP contribution in [0.2, 0.25) is 0 Å². The first kappa shape index (κ1) is 11.6. The molecule has 2 rings (SSSR count). The SMILES string of the molecule is COc1cc(OCc2nccs2)ccc1C=O. The lowest BCUT2D eigenvalue weighted by Gasteiger charge is -2.07. The molecule has 2 aromatic rings. The van der Waals surface area contributed by atoms with Gasteiger partial charge in [0.25, 0.3) is 0 Å². The lowest BCUT2D eigenvalue weighted by molar-refractivity contribution is 0.112. The first-order valence-corrected chi connectivity index (χ1v) is 5.86. The van der Waals surface area contributed by atoms with Gasteiger partial charge < -0.3 is 9.47 Å². The van der Waals surface area contributed by atoms with Crippen molar-refractivity contribution in [2.24, 2.45) is 0 Å². The number of carbonyl (C=O) groups is 1. The topological polar surface area (TPSA) is 48.4 Å². The number of hydrogen-bond donors (Lipinski definition) is 0. The highest BCUT2D eigenvalue weighted by Gasteiger charge is 2.04. The van der Waals surface area contributed by atoms with Crippen molar-refractivity contribution in [2.45, 2.75) is 6.61 Å². The molecule has 0 aliphatic rings. The fourth-order valence-electron chi connectivity index (χ4n) is 1.35. The van der Waals surface area contributed by atoms with Gasteiger partial charge >= 0.3 is 0 Å². The summed E-state index contributed by atoms with van der Waals surface area (Å²) in [5.74, 6) is 1.17. The van der Waals surface area contributed by atoms with Crippen molar-refractivity contribution in [3.8, 4) is 11.5 Å². The van der Waals surface area contributed by atoms with Gasteiger partial charge in [0.1, 0.15) is 23.1 Å². The van der Waals surface area contributed by atoms with Gasteiger partial charge in [0.05, 0.1) is 12.7 Å². The molecule has 1 aromatic heterocycles. The number of aromatic nitrogens is 1. The van der Waals surface area contributed by atoms with Gasteiger partial charge in [-0.15, -0.1) is 11.3 Å². The van der Waals surface area contributed by atoms with E-state index in [1.54, 1.807) is 24.4 Å². The van der Waals surface area contributed by atoms with E-state index in [4.69, 9.17) is 9.47 Å². The molecule has 0 bridgehead atoms. The predicted octanol–water partition coefficient (Wildman–Crippen LogP) is 2.54. The van der Waals surface area contributed by atoms with Gasteiger partial charge in [0.15, 0.2) is 6.29 Å². The lowest BCUT2D eigenvalue weighted by Crippen LogP contribution is -1.96. The molecule has 0 radical (unpaired) electrons. The maximum absolute atomic E-state index is 10.7. The van der Waals surface area contributed by atoms with Crippen molar-refractivity contribution in [3.63, 3.8) is 0 Å². The Hall–Kier alpha value is -1.88. The van der Waals surface area contributed by atoms with Gasteiger partial charge in [-0.2, -0.15) is 0 Å². The Balaban J connectivity index is 2.08. The van der Waals surface area contributed by atoms with Crippen LogP contribution in [0.4, 0.5) is 0 Å². The normalized spacial score (nSPS) is 9.94. The Bertz CT molecular complexity index is 496. The number of methoxy groups -OCH3 is 1. The molecule has 0 aliphatic carbocycles. The van der Waals surface area contributed by atoms with Gasteiger partial charge in [-0.05, 0) is 12.1 Å². The standard InChI is InChI=1S/C12H11NO3S/c1-15-11-6-10(3-2-9(11)7-14)16-8-12-13-4-5-17-12/h2-7H,8H2,1H3. The summed E-state index contributed by atoms with van der Waals surface area (Å²) in [6.45, 7) is 0.418. The summed E-state index contributed by atoms with van der Waals surface area (Å²) in [7, 11) is 1.52. The number of benzene rings is 1. The van der Waals surface area contributed by atoms with Crippen LogP contribution in [0, 0.1) is 0 Å². The molecule has 0 amide bonds. The summed E-state index contributed by atoms with van der Waals surface area (Å²) in [6, 6.07) is 5.10. The molecule has 0 unspecified atom stereocenters. The van der Waals surface area contributed by atoms with Gasteiger partial charge in [-0.25, -0.2) is 4.98 Å². The molecular formula is C12H11NO3S. The van der Waals surface area contributed by atoms with Crippen LogP contribution in [0.3, 0.4) is 0 Å². The van der Waals surface area contributed by atoms with Gasteiger partial charge in [-0.1, -0.05) is 0 Å². The number of hydrogen-bond acceptors (Lipinski definition) is 5. The van der Waals surface area contributed by atoms with Crippen molar-refractivity contribution in [2.75, 3.05) is 7.11 Å². The van der Waals surface area contributed by atoms with E-state index in [-0.39, 0.29) is 0 Å². The van der Waals surface area contributed by atoms with E-state index < -0.39 is 0 Å². The largest absolute Gasteiger partial charge is 0.496 e. The monoisotopic (exact) mass is 249 g/mol. The zero-order valence-corrected chi connectivity index (χ0v) is 10.1. The molecule has 1 heterocycles. The first-order valence-electron chi connectivity index (χ1n) is 4.98. The van der Waals surface area contributed by atoms with Crippen LogP contribution in [0.5, 0.6) is 11.5 Å². The van der Waals surface area contributed by atoms with Crippen molar-refractivity contribution >= 4 is 17.6 Å². The van der Waals surface area contributed by atoms with E-state index in [1.165, 1.54) is 18.4 Å². The Labute approximate surface area is 103 Å². The molecule has 1 aromatic carbocycles. The second-order valence-electron chi connectivity index (χ2n) is 3.24. The molecule has 0 saturated heterocycles. The van der Waals surface area contributed by atoms with Crippen molar-refractivity contribution in [1.29, 1.82) is 0 Å². The fraction of sp³-hybridized carbons (Fsp3) is 0.167. The Morgan fingerprint density at radius 1 is 1.47 bits per heavy atom. The zero-order valence-electron chi connectivity index (χ0n) is 9.25. The highest BCUT2D eigenvalue weighted by molar-refractivity contribution is 7.09. The van der Waals surface area contributed by atoms with E-state index in [2.05, 4.69) is 4.98 Å². The first-order chi connectivity index (χ1) is 8.33. The summed E-state index contributed by atoms with van der Waals surface area (Å²) in [5, 5.41) is 2.80. The summed E-state index contributed by atoms with van der Waals surface area (Å²) < 4.78 is 10.6. The Morgan fingerprint density at radius 3 is 3.00 bits per heavy atom. The van der Waals surface area contributed by atoms with Gasteiger partial charge in [0, 0.05) is 17.6 Å². The van der Waals surface area contributed by atoms with Crippen LogP contribution < -0.4 is 9.47 Å². The summed E-state index contributed by atoms with van der Waals surface area (Å²) in [4.78, 5) is 14.8. The highest BCUT2D eigenvalue weighted by atomic mass is 32.1. The molecule has 0 aliphatic heterocycles. The smallest absolute Gasteiger partial charge is 0.153 e. The van der Waals surface area contributed by atoms with E-state index >= 15 is 0 Å². The predicted molar refractivity (Wildman–Crippen MR) is 64.8 cm³/mol. The Morgan fingerprint density at radius 2 is 2.35 bits per heavy atom. The van der Waals surface area contributed by atoms with Crippen LogP contribution in [0.25, 0.3) is 0 Å². The van der Waals surface area contributed by atoms with Crippen molar-refractivity contribution in [3.05, 3.63) is 40.3 Å². The second-order valence-corrected chi connectivity index (χ2v) is 4.22. The molecule has 17 heavy (non-hydrogen) atoms. The maximum atomic E-state index is 10.7. The highest BCUT2D eigenvalue weighted by Crippen LogP contribution is 2.24. The minimum absolute atomic E-state index is 0.418. The second kappa shape index (κ2) is 5.45. The summed E-state index contributed by atoms with van der Waals surface area (Å²) in [5.41, 5.74) is 0.508. The third-order valence-electron chi connectivity index (χ3n) is 2.18. The maximum Gasteiger partial charge on any atom is 0.153 e. The van der Waals surface area contributed by atoms with Crippen molar-refractivity contribution < 1.29 is 14.3 Å². The number of aldehydes is 1. The minimum atomic E-state index is 0.418. The van der Waals surface area contributed by atoms with Crippen LogP contribution in [-0.2, 0) is 6.61 Å². The number of rotatable bonds is 5. The zero-order chi connectivity index (χ0) is 12.1. The molecule has 0 atom stereocenters. The molecule has 0 saturated carbocycles. The fourth-order valence-corrected chi connectivity index (χ4v) is 1.88. The minimum Gasteiger partial charge on any atom is -0.496 e. The van der Waals surface area contributed by atoms with Gasteiger partial charge in [0.2, 0.25) is 0 Å².